The Morgan fingerprint density at radius 2 is 1.82 bits per heavy atom. The van der Waals surface area contributed by atoms with Crippen LogP contribution in [0.25, 0.3) is 11.1 Å². The number of para-hydroxylation sites is 2. The number of carbonyl (C=O) groups is 1. The van der Waals surface area contributed by atoms with Crippen LogP contribution in [0, 0.1) is 12.8 Å². The molecule has 6 heteroatoms. The first-order valence-electron chi connectivity index (χ1n) is 9.50. The van der Waals surface area contributed by atoms with Crippen molar-refractivity contribution in [3.05, 3.63) is 60.3 Å². The van der Waals surface area contributed by atoms with Crippen LogP contribution in [0.4, 0.5) is 16.3 Å². The number of nitrogens with one attached hydrogen (secondary N) is 2. The standard InChI is InChI=1S/C22H24N4O2/c1-15-20(17-8-4-3-5-9-17)21(26(2)25-15)24-22(27)23-18-10-6-7-11-19(18)28-14-16-12-13-16/h3-11,16H,12-14H2,1-2H3,(H2,23,24,27). The molecule has 4 rings (SSSR count). The number of nitrogens with zero attached hydrogens (tertiary/aromatic N) is 2. The van der Waals surface area contributed by atoms with Crippen LogP contribution in [-0.4, -0.2) is 22.4 Å². The molecule has 6 nitrogen and oxygen atoms in total. The van der Waals surface area contributed by atoms with Crippen molar-refractivity contribution in [2.75, 3.05) is 17.2 Å². The quantitative estimate of drug-likeness (QED) is 0.647. The third-order valence-corrected chi connectivity index (χ3v) is 4.82. The summed E-state index contributed by atoms with van der Waals surface area (Å²) in [6.07, 6.45) is 2.44. The van der Waals surface area contributed by atoms with Crippen molar-refractivity contribution >= 4 is 17.5 Å². The van der Waals surface area contributed by atoms with Gasteiger partial charge in [0, 0.05) is 12.6 Å². The molecule has 1 heterocycles. The van der Waals surface area contributed by atoms with E-state index in [0.717, 1.165) is 16.8 Å². The van der Waals surface area contributed by atoms with E-state index < -0.39 is 0 Å². The van der Waals surface area contributed by atoms with Crippen molar-refractivity contribution in [3.8, 4) is 16.9 Å². The Kier molecular flexibility index (Phi) is 5.02. The van der Waals surface area contributed by atoms with Crippen molar-refractivity contribution in [1.29, 1.82) is 0 Å². The lowest BCUT2D eigenvalue weighted by molar-refractivity contribution is 0.261. The van der Waals surface area contributed by atoms with Gasteiger partial charge in [-0.05, 0) is 43.4 Å². The van der Waals surface area contributed by atoms with E-state index in [1.807, 2.05) is 68.6 Å². The van der Waals surface area contributed by atoms with Crippen LogP contribution in [0.5, 0.6) is 5.75 Å². The summed E-state index contributed by atoms with van der Waals surface area (Å²) in [5, 5.41) is 10.3. The summed E-state index contributed by atoms with van der Waals surface area (Å²) in [7, 11) is 1.82. The van der Waals surface area contributed by atoms with Crippen molar-refractivity contribution in [2.45, 2.75) is 19.8 Å². The molecule has 28 heavy (non-hydrogen) atoms. The van der Waals surface area contributed by atoms with E-state index in [1.165, 1.54) is 12.8 Å². The van der Waals surface area contributed by atoms with E-state index in [2.05, 4.69) is 15.7 Å². The highest BCUT2D eigenvalue weighted by atomic mass is 16.5. The van der Waals surface area contributed by atoms with E-state index in [1.54, 1.807) is 4.68 Å². The number of aromatic nitrogens is 2. The highest BCUT2D eigenvalue weighted by Crippen LogP contribution is 2.33. The van der Waals surface area contributed by atoms with Crippen molar-refractivity contribution in [2.24, 2.45) is 13.0 Å². The van der Waals surface area contributed by atoms with E-state index >= 15 is 0 Å². The molecule has 0 atom stereocenters. The fraction of sp³-hybridized carbons (Fsp3) is 0.273. The lowest BCUT2D eigenvalue weighted by atomic mass is 10.1. The minimum absolute atomic E-state index is 0.331. The lowest BCUT2D eigenvalue weighted by Gasteiger charge is -2.14. The molecule has 1 fully saturated rings. The zero-order valence-corrected chi connectivity index (χ0v) is 16.1. The molecule has 0 radical (unpaired) electrons. The number of ether oxygens (including phenoxy) is 1. The Morgan fingerprint density at radius 3 is 2.57 bits per heavy atom. The molecule has 1 aliphatic rings. The first-order chi connectivity index (χ1) is 13.6. The molecule has 1 aromatic heterocycles. The van der Waals surface area contributed by atoms with Gasteiger partial charge >= 0.3 is 6.03 Å². The normalized spacial score (nSPS) is 13.2. The van der Waals surface area contributed by atoms with Crippen LogP contribution < -0.4 is 15.4 Å². The molecule has 0 bridgehead atoms. The summed E-state index contributed by atoms with van der Waals surface area (Å²) in [6.45, 7) is 2.63. The van der Waals surface area contributed by atoms with Gasteiger partial charge in [0.05, 0.1) is 18.0 Å². The van der Waals surface area contributed by atoms with Gasteiger partial charge in [0.25, 0.3) is 0 Å². The maximum Gasteiger partial charge on any atom is 0.324 e. The average Bonchev–Trinajstić information content (AvgIpc) is 3.47. The number of aryl methyl sites for hydroxylation is 2. The van der Waals surface area contributed by atoms with Gasteiger partial charge in [-0.1, -0.05) is 42.5 Å². The van der Waals surface area contributed by atoms with Gasteiger partial charge in [0.15, 0.2) is 0 Å². The number of hydrogen-bond donors (Lipinski definition) is 2. The number of amides is 2. The van der Waals surface area contributed by atoms with Gasteiger partial charge in [0.1, 0.15) is 11.6 Å². The van der Waals surface area contributed by atoms with Gasteiger partial charge in [-0.15, -0.1) is 0 Å². The highest BCUT2D eigenvalue weighted by Gasteiger charge is 2.23. The van der Waals surface area contributed by atoms with Crippen LogP contribution in [0.2, 0.25) is 0 Å². The molecule has 2 aromatic carbocycles. The summed E-state index contributed by atoms with van der Waals surface area (Å²) in [5.74, 6) is 1.99. The molecule has 0 saturated heterocycles. The van der Waals surface area contributed by atoms with E-state index in [0.29, 0.717) is 29.8 Å². The molecular formula is C22H24N4O2. The van der Waals surface area contributed by atoms with Crippen LogP contribution in [-0.2, 0) is 7.05 Å². The Morgan fingerprint density at radius 1 is 1.11 bits per heavy atom. The van der Waals surface area contributed by atoms with E-state index in [4.69, 9.17) is 4.74 Å². The predicted molar refractivity (Wildman–Crippen MR) is 111 cm³/mol. The average molecular weight is 376 g/mol. The van der Waals surface area contributed by atoms with Crippen molar-refractivity contribution in [3.63, 3.8) is 0 Å². The first kappa shape index (κ1) is 18.1. The second kappa shape index (κ2) is 7.76. The molecule has 1 aliphatic carbocycles. The maximum absolute atomic E-state index is 12.7. The third-order valence-electron chi connectivity index (χ3n) is 4.82. The minimum atomic E-state index is -0.331. The van der Waals surface area contributed by atoms with Gasteiger partial charge in [0.2, 0.25) is 0 Å². The summed E-state index contributed by atoms with van der Waals surface area (Å²) in [6, 6.07) is 17.1. The Hall–Kier alpha value is -3.28. The SMILES string of the molecule is Cc1nn(C)c(NC(=O)Nc2ccccc2OCC2CC2)c1-c1ccccc1. The van der Waals surface area contributed by atoms with Gasteiger partial charge in [-0.25, -0.2) is 4.79 Å². The first-order valence-corrected chi connectivity index (χ1v) is 9.50. The van der Waals surface area contributed by atoms with Crippen LogP contribution in [0.3, 0.4) is 0 Å². The number of benzene rings is 2. The molecule has 0 unspecified atom stereocenters. The maximum atomic E-state index is 12.7. The second-order valence-corrected chi connectivity index (χ2v) is 7.13. The number of rotatable bonds is 6. The van der Waals surface area contributed by atoms with Gasteiger partial charge < -0.3 is 10.1 Å². The summed E-state index contributed by atoms with van der Waals surface area (Å²) >= 11 is 0. The van der Waals surface area contributed by atoms with Crippen LogP contribution >= 0.6 is 0 Å². The van der Waals surface area contributed by atoms with Crippen molar-refractivity contribution < 1.29 is 9.53 Å². The Bertz CT molecular complexity index is 977. The molecular weight excluding hydrogens is 352 g/mol. The molecule has 0 aliphatic heterocycles. The Labute approximate surface area is 164 Å². The monoisotopic (exact) mass is 376 g/mol. The minimum Gasteiger partial charge on any atom is -0.491 e. The topological polar surface area (TPSA) is 68.2 Å². The summed E-state index contributed by atoms with van der Waals surface area (Å²) in [5.41, 5.74) is 3.44. The molecule has 0 spiro atoms. The third kappa shape index (κ3) is 4.01. The smallest absolute Gasteiger partial charge is 0.324 e. The number of carbonyl (C=O) groups excluding carboxylic acids is 1. The predicted octanol–water partition coefficient (Wildman–Crippen LogP) is 4.83. The zero-order valence-electron chi connectivity index (χ0n) is 16.1. The number of urea groups is 1. The summed E-state index contributed by atoms with van der Waals surface area (Å²) in [4.78, 5) is 12.7. The fourth-order valence-electron chi connectivity index (χ4n) is 3.20. The molecule has 1 saturated carbocycles. The fourth-order valence-corrected chi connectivity index (χ4v) is 3.20. The zero-order chi connectivity index (χ0) is 19.5. The molecule has 2 amide bonds. The molecule has 144 valence electrons. The molecule has 3 aromatic rings. The van der Waals surface area contributed by atoms with Crippen molar-refractivity contribution in [1.82, 2.24) is 9.78 Å². The molecule has 2 N–H and O–H groups in total. The Balaban J connectivity index is 1.52. The highest BCUT2D eigenvalue weighted by molar-refractivity contribution is 6.02. The number of hydrogen-bond acceptors (Lipinski definition) is 3. The van der Waals surface area contributed by atoms with E-state index in [9.17, 15) is 4.79 Å². The largest absolute Gasteiger partial charge is 0.491 e. The second-order valence-electron chi connectivity index (χ2n) is 7.13. The van der Waals surface area contributed by atoms with Crippen LogP contribution in [0.1, 0.15) is 18.5 Å². The number of anilines is 2. The summed E-state index contributed by atoms with van der Waals surface area (Å²) < 4.78 is 7.56. The van der Waals surface area contributed by atoms with Gasteiger partial charge in [-0.2, -0.15) is 5.10 Å². The lowest BCUT2D eigenvalue weighted by Crippen LogP contribution is -2.22. The van der Waals surface area contributed by atoms with Crippen LogP contribution in [0.15, 0.2) is 54.6 Å². The van der Waals surface area contributed by atoms with E-state index in [-0.39, 0.29) is 6.03 Å². The van der Waals surface area contributed by atoms with Gasteiger partial charge in [-0.3, -0.25) is 10.00 Å².